The van der Waals surface area contributed by atoms with E-state index in [0.29, 0.717) is 18.2 Å². The van der Waals surface area contributed by atoms with Gasteiger partial charge in [-0.3, -0.25) is 4.79 Å². The van der Waals surface area contributed by atoms with Crippen molar-refractivity contribution in [1.29, 1.82) is 0 Å². The lowest BCUT2D eigenvalue weighted by Gasteiger charge is -2.31. The third-order valence-electron chi connectivity index (χ3n) is 7.21. The van der Waals surface area contributed by atoms with Crippen molar-refractivity contribution in [3.8, 4) is 11.1 Å². The van der Waals surface area contributed by atoms with E-state index < -0.39 is 0 Å². The van der Waals surface area contributed by atoms with Crippen molar-refractivity contribution in [1.82, 2.24) is 24.5 Å². The van der Waals surface area contributed by atoms with Gasteiger partial charge in [-0.1, -0.05) is 48.5 Å². The zero-order chi connectivity index (χ0) is 25.2. The summed E-state index contributed by atoms with van der Waals surface area (Å²) >= 11 is 0. The number of hydrogen-bond acceptors (Lipinski definition) is 4. The van der Waals surface area contributed by atoms with E-state index in [0.717, 1.165) is 59.2 Å². The van der Waals surface area contributed by atoms with Gasteiger partial charge in [0, 0.05) is 53.7 Å². The first-order chi connectivity index (χ1) is 18.2. The number of anilines is 1. The highest BCUT2D eigenvalue weighted by Crippen LogP contribution is 2.32. The summed E-state index contributed by atoms with van der Waals surface area (Å²) in [5.74, 6) is 0.989. The Morgan fingerprint density at radius 1 is 1.11 bits per heavy atom. The molecule has 37 heavy (non-hydrogen) atoms. The number of aromatic nitrogens is 4. The van der Waals surface area contributed by atoms with E-state index in [-0.39, 0.29) is 5.91 Å². The molecule has 7 nitrogen and oxygen atoms in total. The molecule has 0 aliphatic carbocycles. The number of hydrogen-bond donors (Lipinski definition) is 2. The van der Waals surface area contributed by atoms with Gasteiger partial charge in [0.25, 0.3) is 0 Å². The molecule has 1 amide bonds. The first kappa shape index (κ1) is 23.0. The van der Waals surface area contributed by atoms with Gasteiger partial charge in [0.05, 0.1) is 6.42 Å². The molecule has 186 valence electrons. The Hall–Kier alpha value is -4.39. The number of para-hydroxylation sites is 1. The van der Waals surface area contributed by atoms with Crippen molar-refractivity contribution in [2.24, 2.45) is 0 Å². The second kappa shape index (κ2) is 9.93. The minimum Gasteiger partial charge on any atom is -0.378 e. The number of likely N-dealkylation sites (tertiary alicyclic amines) is 1. The molecule has 5 aromatic rings. The molecule has 0 saturated carbocycles. The number of piperidine rings is 1. The first-order valence-corrected chi connectivity index (χ1v) is 12.8. The van der Waals surface area contributed by atoms with Gasteiger partial charge in [-0.2, -0.15) is 0 Å². The quantitative estimate of drug-likeness (QED) is 0.317. The Labute approximate surface area is 215 Å². The van der Waals surface area contributed by atoms with Crippen molar-refractivity contribution in [2.45, 2.75) is 32.1 Å². The average molecular weight is 491 g/mol. The van der Waals surface area contributed by atoms with E-state index in [1.54, 1.807) is 16.9 Å². The molecule has 0 spiro atoms. The largest absolute Gasteiger partial charge is 0.378 e. The zero-order valence-electron chi connectivity index (χ0n) is 20.9. The summed E-state index contributed by atoms with van der Waals surface area (Å²) in [6.45, 7) is 4.25. The molecular formula is C30H30N6O. The Bertz CT molecular complexity index is 1570. The predicted molar refractivity (Wildman–Crippen MR) is 147 cm³/mol. The van der Waals surface area contributed by atoms with Crippen LogP contribution in [0.5, 0.6) is 0 Å². The second-order valence-electron chi connectivity index (χ2n) is 9.65. The molecule has 1 saturated heterocycles. The molecule has 0 unspecified atom stereocenters. The number of amides is 1. The lowest BCUT2D eigenvalue weighted by Crippen LogP contribution is -2.28. The fourth-order valence-electron chi connectivity index (χ4n) is 5.34. The van der Waals surface area contributed by atoms with Crippen LogP contribution in [-0.2, 0) is 11.2 Å². The highest BCUT2D eigenvalue weighted by Gasteiger charge is 2.19. The summed E-state index contributed by atoms with van der Waals surface area (Å²) in [6, 6.07) is 18.6. The summed E-state index contributed by atoms with van der Waals surface area (Å²) in [5, 5.41) is 8.66. The summed E-state index contributed by atoms with van der Waals surface area (Å²) in [5.41, 5.74) is 6.09. The maximum absolute atomic E-state index is 13.0. The molecule has 1 fully saturated rings. The Kier molecular flexibility index (Phi) is 6.18. The summed E-state index contributed by atoms with van der Waals surface area (Å²) in [7, 11) is 0. The van der Waals surface area contributed by atoms with Crippen LogP contribution in [0.2, 0.25) is 0 Å². The number of fused-ring (bicyclic) bond motifs is 2. The van der Waals surface area contributed by atoms with Crippen molar-refractivity contribution in [3.63, 3.8) is 0 Å². The van der Waals surface area contributed by atoms with E-state index in [2.05, 4.69) is 74.8 Å². The van der Waals surface area contributed by atoms with Gasteiger partial charge in [0.1, 0.15) is 0 Å². The lowest BCUT2D eigenvalue weighted by atomic mass is 9.89. The van der Waals surface area contributed by atoms with Gasteiger partial charge < -0.3 is 15.2 Å². The Morgan fingerprint density at radius 2 is 1.92 bits per heavy atom. The number of carbonyl (C=O) groups is 1. The van der Waals surface area contributed by atoms with Crippen LogP contribution in [0.25, 0.3) is 27.7 Å². The van der Waals surface area contributed by atoms with Crippen LogP contribution in [-0.4, -0.2) is 43.5 Å². The van der Waals surface area contributed by atoms with Crippen LogP contribution in [0.15, 0.2) is 85.5 Å². The third-order valence-corrected chi connectivity index (χ3v) is 7.21. The van der Waals surface area contributed by atoms with Crippen LogP contribution in [0.4, 0.5) is 5.82 Å². The average Bonchev–Trinajstić information content (AvgIpc) is 3.57. The number of H-pyrrole nitrogens is 1. The lowest BCUT2D eigenvalue weighted by molar-refractivity contribution is -0.115. The molecule has 3 aromatic heterocycles. The minimum atomic E-state index is -0.0933. The van der Waals surface area contributed by atoms with Crippen LogP contribution >= 0.6 is 0 Å². The van der Waals surface area contributed by atoms with Crippen molar-refractivity contribution < 1.29 is 4.79 Å². The van der Waals surface area contributed by atoms with E-state index >= 15 is 0 Å². The maximum Gasteiger partial charge on any atom is 0.229 e. The van der Waals surface area contributed by atoms with Crippen LogP contribution in [0.3, 0.4) is 0 Å². The third kappa shape index (κ3) is 4.72. The molecule has 1 aliphatic rings. The number of nitrogens with one attached hydrogen (secondary N) is 2. The van der Waals surface area contributed by atoms with Gasteiger partial charge in [-0.05, 0) is 55.1 Å². The fraction of sp³-hybridized carbons (Fsp3) is 0.233. The highest BCUT2D eigenvalue weighted by molar-refractivity contribution is 6.00. The van der Waals surface area contributed by atoms with Crippen molar-refractivity contribution in [2.75, 3.05) is 18.4 Å². The van der Waals surface area contributed by atoms with E-state index in [4.69, 9.17) is 0 Å². The summed E-state index contributed by atoms with van der Waals surface area (Å²) in [4.78, 5) is 23.2. The van der Waals surface area contributed by atoms with Gasteiger partial charge in [0.2, 0.25) is 5.91 Å². The fourth-order valence-corrected chi connectivity index (χ4v) is 5.34. The first-order valence-electron chi connectivity index (χ1n) is 12.8. The molecule has 7 heteroatoms. The van der Waals surface area contributed by atoms with E-state index in [9.17, 15) is 4.79 Å². The monoisotopic (exact) mass is 490 g/mol. The normalized spacial score (nSPS) is 14.7. The minimum absolute atomic E-state index is 0.0933. The number of nitrogens with zero attached hydrogens (tertiary/aromatic N) is 4. The van der Waals surface area contributed by atoms with Crippen molar-refractivity contribution >= 4 is 28.3 Å². The highest BCUT2D eigenvalue weighted by atomic mass is 16.1. The molecule has 2 N–H and O–H groups in total. The molecule has 0 radical (unpaired) electrons. The number of imidazole rings is 1. The smallest absolute Gasteiger partial charge is 0.229 e. The van der Waals surface area contributed by atoms with Crippen LogP contribution in [0, 0.1) is 0 Å². The van der Waals surface area contributed by atoms with E-state index in [1.807, 2.05) is 30.5 Å². The van der Waals surface area contributed by atoms with Crippen LogP contribution in [0.1, 0.15) is 36.8 Å². The standard InChI is InChI=1S/C30H30N6O/c1-2-14-35-15-11-23(12-16-35)22-9-7-21(8-10-22)18-29(37)33-28-19-25(30-31-13-17-36(30)34-28)26-20-32-27-6-4-3-5-24(26)27/h2-10,13-14,17,19-20,23,32H,11-12,15-16,18H2,1H3,(H,33,34,37). The summed E-state index contributed by atoms with van der Waals surface area (Å²) in [6.07, 6.45) is 12.4. The predicted octanol–water partition coefficient (Wildman–Crippen LogP) is 5.77. The van der Waals surface area contributed by atoms with Crippen LogP contribution < -0.4 is 5.32 Å². The summed E-state index contributed by atoms with van der Waals surface area (Å²) < 4.78 is 1.71. The molecule has 0 bridgehead atoms. The van der Waals surface area contributed by atoms with Crippen molar-refractivity contribution in [3.05, 3.63) is 96.6 Å². The number of aromatic amines is 1. The number of allylic oxidation sites excluding steroid dienone is 1. The van der Waals surface area contributed by atoms with Gasteiger partial charge in [-0.25, -0.2) is 9.50 Å². The second-order valence-corrected chi connectivity index (χ2v) is 9.65. The number of benzene rings is 2. The van der Waals surface area contributed by atoms with Gasteiger partial charge in [-0.15, -0.1) is 5.10 Å². The number of rotatable bonds is 6. The Morgan fingerprint density at radius 3 is 2.73 bits per heavy atom. The molecule has 2 aromatic carbocycles. The van der Waals surface area contributed by atoms with E-state index in [1.165, 1.54) is 5.56 Å². The van der Waals surface area contributed by atoms with Gasteiger partial charge >= 0.3 is 0 Å². The topological polar surface area (TPSA) is 78.3 Å². The maximum atomic E-state index is 13.0. The molecule has 0 atom stereocenters. The molecule has 4 heterocycles. The molecule has 1 aliphatic heterocycles. The zero-order valence-corrected chi connectivity index (χ0v) is 20.9. The SMILES string of the molecule is CC=CN1CCC(c2ccc(CC(=O)Nc3cc(-c4c[nH]c5ccccc45)c4nccn4n3)cc2)CC1. The molecule has 6 rings (SSSR count). The molecular weight excluding hydrogens is 460 g/mol. The number of carbonyl (C=O) groups excluding carboxylic acids is 1. The Balaban J connectivity index is 1.17. The van der Waals surface area contributed by atoms with Gasteiger partial charge in [0.15, 0.2) is 11.5 Å².